The van der Waals surface area contributed by atoms with E-state index in [1.165, 1.54) is 17.9 Å². The van der Waals surface area contributed by atoms with Crippen LogP contribution in [0.4, 0.5) is 0 Å². The highest BCUT2D eigenvalue weighted by atomic mass is 16.5. The molecule has 0 bridgehead atoms. The van der Waals surface area contributed by atoms with Gasteiger partial charge >= 0.3 is 5.97 Å². The molecular weight excluding hydrogens is 222 g/mol. The van der Waals surface area contributed by atoms with E-state index in [1.807, 2.05) is 0 Å². The summed E-state index contributed by atoms with van der Waals surface area (Å²) < 4.78 is 4.90. The second kappa shape index (κ2) is 4.55. The molecule has 0 saturated carbocycles. The third-order valence-electron chi connectivity index (χ3n) is 2.49. The van der Waals surface area contributed by atoms with Gasteiger partial charge in [0.2, 0.25) is 0 Å². The number of amides is 1. The summed E-state index contributed by atoms with van der Waals surface area (Å²) >= 11 is 0. The molecule has 1 amide bonds. The Balaban J connectivity index is 2.10. The maximum Gasteiger partial charge on any atom is 0.308 e. The first-order chi connectivity index (χ1) is 8.06. The van der Waals surface area contributed by atoms with Crippen LogP contribution in [-0.4, -0.2) is 41.1 Å². The minimum absolute atomic E-state index is 0.163. The van der Waals surface area contributed by atoms with Crippen LogP contribution in [0.5, 0.6) is 5.75 Å². The minimum atomic E-state index is -0.422. The third kappa shape index (κ3) is 2.62. The fraction of sp³-hybridized carbons (Fsp3) is 0.333. The molecule has 1 saturated heterocycles. The van der Waals surface area contributed by atoms with Gasteiger partial charge in [0.05, 0.1) is 6.10 Å². The Hall–Kier alpha value is -1.88. The Labute approximate surface area is 98.6 Å². The highest BCUT2D eigenvalue weighted by Gasteiger charge is 2.29. The summed E-state index contributed by atoms with van der Waals surface area (Å²) in [5, 5.41) is 9.12. The molecule has 1 aliphatic heterocycles. The van der Waals surface area contributed by atoms with E-state index in [4.69, 9.17) is 9.84 Å². The SMILES string of the molecule is CC(=O)Oc1cccc(C(=O)N2CC(O)C2)c1. The van der Waals surface area contributed by atoms with Gasteiger partial charge in [-0.1, -0.05) is 6.07 Å². The maximum atomic E-state index is 11.9. The lowest BCUT2D eigenvalue weighted by atomic mass is 10.1. The number of carbonyl (C=O) groups is 2. The largest absolute Gasteiger partial charge is 0.427 e. The standard InChI is InChI=1S/C12H13NO4/c1-8(14)17-11-4-2-3-9(5-11)12(16)13-6-10(15)7-13/h2-5,10,15H,6-7H2,1H3. The van der Waals surface area contributed by atoms with Crippen LogP contribution in [0.25, 0.3) is 0 Å². The van der Waals surface area contributed by atoms with E-state index >= 15 is 0 Å². The maximum absolute atomic E-state index is 11.9. The van der Waals surface area contributed by atoms with Crippen LogP contribution >= 0.6 is 0 Å². The molecule has 17 heavy (non-hydrogen) atoms. The average molecular weight is 235 g/mol. The fourth-order valence-electron chi connectivity index (χ4n) is 1.66. The van der Waals surface area contributed by atoms with Crippen LogP contribution in [0.2, 0.25) is 0 Å². The van der Waals surface area contributed by atoms with Gasteiger partial charge in [0.1, 0.15) is 5.75 Å². The minimum Gasteiger partial charge on any atom is -0.427 e. The summed E-state index contributed by atoms with van der Waals surface area (Å²) in [4.78, 5) is 24.2. The van der Waals surface area contributed by atoms with Crippen LogP contribution in [0.3, 0.4) is 0 Å². The summed E-state index contributed by atoms with van der Waals surface area (Å²) in [7, 11) is 0. The zero-order chi connectivity index (χ0) is 12.4. The normalized spacial score (nSPS) is 15.3. The Morgan fingerprint density at radius 2 is 2.12 bits per heavy atom. The number of aliphatic hydroxyl groups excluding tert-OH is 1. The number of β-amino-alcohol motifs (C(OH)–C–C–N with tert-alkyl or cyclic N) is 1. The number of rotatable bonds is 2. The molecule has 1 fully saturated rings. The highest BCUT2D eigenvalue weighted by Crippen LogP contribution is 2.18. The van der Waals surface area contributed by atoms with Crippen molar-refractivity contribution in [3.8, 4) is 5.75 Å². The van der Waals surface area contributed by atoms with Crippen molar-refractivity contribution in [2.75, 3.05) is 13.1 Å². The summed E-state index contributed by atoms with van der Waals surface area (Å²) in [6.07, 6.45) is -0.421. The number of aliphatic hydroxyl groups is 1. The second-order valence-corrected chi connectivity index (χ2v) is 3.99. The average Bonchev–Trinajstić information content (AvgIpc) is 2.23. The molecule has 1 aromatic carbocycles. The van der Waals surface area contributed by atoms with Crippen LogP contribution in [0, 0.1) is 0 Å². The van der Waals surface area contributed by atoms with Crippen molar-refractivity contribution in [1.29, 1.82) is 0 Å². The van der Waals surface area contributed by atoms with E-state index in [9.17, 15) is 9.59 Å². The van der Waals surface area contributed by atoms with Crippen molar-refractivity contribution in [2.24, 2.45) is 0 Å². The molecule has 90 valence electrons. The van der Waals surface area contributed by atoms with Crippen molar-refractivity contribution in [3.63, 3.8) is 0 Å². The monoisotopic (exact) mass is 235 g/mol. The Morgan fingerprint density at radius 3 is 2.71 bits per heavy atom. The fourth-order valence-corrected chi connectivity index (χ4v) is 1.66. The molecule has 5 nitrogen and oxygen atoms in total. The van der Waals surface area contributed by atoms with E-state index in [0.29, 0.717) is 24.4 Å². The van der Waals surface area contributed by atoms with Gasteiger partial charge in [0.15, 0.2) is 0 Å². The first-order valence-corrected chi connectivity index (χ1v) is 5.32. The first-order valence-electron chi connectivity index (χ1n) is 5.32. The van der Waals surface area contributed by atoms with E-state index in [2.05, 4.69) is 0 Å². The molecule has 0 radical (unpaired) electrons. The quantitative estimate of drug-likeness (QED) is 0.596. The molecular formula is C12H13NO4. The lowest BCUT2D eigenvalue weighted by Gasteiger charge is -2.35. The van der Waals surface area contributed by atoms with Gasteiger partial charge in [0.25, 0.3) is 5.91 Å². The molecule has 1 aliphatic rings. The number of carbonyl (C=O) groups excluding carboxylic acids is 2. The van der Waals surface area contributed by atoms with Gasteiger partial charge in [-0.05, 0) is 18.2 Å². The van der Waals surface area contributed by atoms with Crippen molar-refractivity contribution in [1.82, 2.24) is 4.90 Å². The lowest BCUT2D eigenvalue weighted by Crippen LogP contribution is -2.53. The molecule has 0 aliphatic carbocycles. The molecule has 1 N–H and O–H groups in total. The number of benzene rings is 1. The number of ether oxygens (including phenoxy) is 1. The Kier molecular flexibility index (Phi) is 3.10. The Bertz CT molecular complexity index is 452. The van der Waals surface area contributed by atoms with E-state index in [1.54, 1.807) is 18.2 Å². The van der Waals surface area contributed by atoms with Crippen molar-refractivity contribution < 1.29 is 19.4 Å². The molecule has 0 unspecified atom stereocenters. The zero-order valence-corrected chi connectivity index (χ0v) is 9.42. The summed E-state index contributed by atoms with van der Waals surface area (Å²) in [5.41, 5.74) is 0.454. The van der Waals surface area contributed by atoms with Crippen LogP contribution in [-0.2, 0) is 4.79 Å². The number of likely N-dealkylation sites (tertiary alicyclic amines) is 1. The van der Waals surface area contributed by atoms with Gasteiger partial charge in [-0.3, -0.25) is 9.59 Å². The molecule has 0 aromatic heterocycles. The van der Waals surface area contributed by atoms with Crippen LogP contribution in [0.1, 0.15) is 17.3 Å². The van der Waals surface area contributed by atoms with Crippen LogP contribution < -0.4 is 4.74 Å². The van der Waals surface area contributed by atoms with Crippen molar-refractivity contribution in [3.05, 3.63) is 29.8 Å². The van der Waals surface area contributed by atoms with Crippen molar-refractivity contribution in [2.45, 2.75) is 13.0 Å². The number of hydrogen-bond acceptors (Lipinski definition) is 4. The smallest absolute Gasteiger partial charge is 0.308 e. The Morgan fingerprint density at radius 1 is 1.41 bits per heavy atom. The molecule has 5 heteroatoms. The highest BCUT2D eigenvalue weighted by molar-refractivity contribution is 5.95. The first kappa shape index (κ1) is 11.6. The van der Waals surface area contributed by atoms with Crippen LogP contribution in [0.15, 0.2) is 24.3 Å². The summed E-state index contributed by atoms with van der Waals surface area (Å²) in [5.74, 6) is -0.234. The topological polar surface area (TPSA) is 66.8 Å². The zero-order valence-electron chi connectivity index (χ0n) is 9.42. The summed E-state index contributed by atoms with van der Waals surface area (Å²) in [6.45, 7) is 2.02. The third-order valence-corrected chi connectivity index (χ3v) is 2.49. The van der Waals surface area contributed by atoms with Gasteiger partial charge in [-0.2, -0.15) is 0 Å². The van der Waals surface area contributed by atoms with E-state index in [-0.39, 0.29) is 5.91 Å². The number of esters is 1. The van der Waals surface area contributed by atoms with E-state index < -0.39 is 12.1 Å². The van der Waals surface area contributed by atoms with Gasteiger partial charge in [-0.15, -0.1) is 0 Å². The second-order valence-electron chi connectivity index (χ2n) is 3.99. The molecule has 1 aromatic rings. The molecule has 0 atom stereocenters. The van der Waals surface area contributed by atoms with Gasteiger partial charge in [0, 0.05) is 25.6 Å². The van der Waals surface area contributed by atoms with E-state index in [0.717, 1.165) is 0 Å². The molecule has 0 spiro atoms. The van der Waals surface area contributed by atoms with Gasteiger partial charge in [-0.25, -0.2) is 0 Å². The summed E-state index contributed by atoms with van der Waals surface area (Å²) in [6, 6.07) is 6.44. The predicted molar refractivity (Wildman–Crippen MR) is 59.7 cm³/mol. The van der Waals surface area contributed by atoms with Gasteiger partial charge < -0.3 is 14.7 Å². The number of nitrogens with zero attached hydrogens (tertiary/aromatic N) is 1. The number of hydrogen-bond donors (Lipinski definition) is 1. The molecule has 1 heterocycles. The predicted octanol–water partition coefficient (Wildman–Crippen LogP) is 0.429. The lowest BCUT2D eigenvalue weighted by molar-refractivity contribution is -0.131. The molecule has 2 rings (SSSR count). The van der Waals surface area contributed by atoms with Crippen molar-refractivity contribution >= 4 is 11.9 Å².